The van der Waals surface area contributed by atoms with E-state index in [9.17, 15) is 4.79 Å². The zero-order valence-electron chi connectivity index (χ0n) is 16.9. The van der Waals surface area contributed by atoms with E-state index in [4.69, 9.17) is 14.0 Å². The second kappa shape index (κ2) is 8.91. The first-order valence-corrected chi connectivity index (χ1v) is 9.66. The monoisotopic (exact) mass is 409 g/mol. The zero-order valence-corrected chi connectivity index (χ0v) is 16.9. The lowest BCUT2D eigenvalue weighted by atomic mass is 10.2. The van der Waals surface area contributed by atoms with E-state index in [0.29, 0.717) is 36.2 Å². The topological polar surface area (TPSA) is 103 Å². The van der Waals surface area contributed by atoms with Gasteiger partial charge >= 0.3 is 0 Å². The molecular weight excluding hydrogens is 386 g/mol. The van der Waals surface area contributed by atoms with E-state index in [-0.39, 0.29) is 17.8 Å². The summed E-state index contributed by atoms with van der Waals surface area (Å²) in [5, 5.41) is 7.13. The van der Waals surface area contributed by atoms with Crippen LogP contribution in [0.4, 0.5) is 0 Å². The molecule has 0 spiro atoms. The van der Waals surface area contributed by atoms with E-state index >= 15 is 0 Å². The van der Waals surface area contributed by atoms with Crippen molar-refractivity contribution in [1.29, 1.82) is 0 Å². The van der Waals surface area contributed by atoms with Crippen LogP contribution >= 0.6 is 0 Å². The molecule has 1 aliphatic rings. The fraction of sp³-hybridized carbons (Fsp3) is 0.333. The number of aromatic nitrogens is 3. The lowest BCUT2D eigenvalue weighted by Gasteiger charge is -2.16. The number of nitrogens with zero attached hydrogens (tertiary/aromatic N) is 4. The second-order valence-electron chi connectivity index (χ2n) is 6.99. The number of carbonyl (C=O) groups excluding carboxylic acids is 1. The van der Waals surface area contributed by atoms with Gasteiger partial charge in [-0.1, -0.05) is 23.4 Å². The molecule has 0 radical (unpaired) electrons. The summed E-state index contributed by atoms with van der Waals surface area (Å²) in [6.07, 6.45) is 0.834. The van der Waals surface area contributed by atoms with Gasteiger partial charge in [0, 0.05) is 30.8 Å². The van der Waals surface area contributed by atoms with Crippen LogP contribution in [0, 0.1) is 0 Å². The van der Waals surface area contributed by atoms with Gasteiger partial charge in [0.25, 0.3) is 11.8 Å². The molecule has 9 heteroatoms. The summed E-state index contributed by atoms with van der Waals surface area (Å²) in [5.74, 6) is 1.54. The molecule has 2 aromatic heterocycles. The Bertz CT molecular complexity index is 1010. The summed E-state index contributed by atoms with van der Waals surface area (Å²) in [6.45, 7) is 2.10. The van der Waals surface area contributed by atoms with Gasteiger partial charge in [0.05, 0.1) is 20.8 Å². The number of amides is 1. The van der Waals surface area contributed by atoms with E-state index in [0.717, 1.165) is 18.5 Å². The molecule has 0 aliphatic carbocycles. The molecule has 1 aromatic carbocycles. The van der Waals surface area contributed by atoms with Crippen LogP contribution in [-0.2, 0) is 6.54 Å². The van der Waals surface area contributed by atoms with E-state index in [1.165, 1.54) is 14.2 Å². The second-order valence-corrected chi connectivity index (χ2v) is 6.99. The highest BCUT2D eigenvalue weighted by Crippen LogP contribution is 2.21. The number of methoxy groups -OCH3 is 2. The lowest BCUT2D eigenvalue weighted by Crippen LogP contribution is -2.37. The molecule has 4 rings (SSSR count). The van der Waals surface area contributed by atoms with E-state index < -0.39 is 0 Å². The molecule has 9 nitrogen and oxygen atoms in total. The van der Waals surface area contributed by atoms with Crippen molar-refractivity contribution in [2.45, 2.75) is 19.0 Å². The number of ether oxygens (including phenoxy) is 2. The van der Waals surface area contributed by atoms with Gasteiger partial charge in [-0.3, -0.25) is 9.69 Å². The average molecular weight is 409 g/mol. The van der Waals surface area contributed by atoms with E-state index in [1.807, 2.05) is 30.3 Å². The van der Waals surface area contributed by atoms with Gasteiger partial charge in [0.15, 0.2) is 5.82 Å². The van der Waals surface area contributed by atoms with Gasteiger partial charge in [-0.05, 0) is 24.6 Å². The van der Waals surface area contributed by atoms with Crippen LogP contribution in [0.3, 0.4) is 0 Å². The minimum Gasteiger partial charge on any atom is -0.481 e. The van der Waals surface area contributed by atoms with E-state index in [2.05, 4.69) is 25.3 Å². The van der Waals surface area contributed by atoms with Crippen molar-refractivity contribution < 1.29 is 18.8 Å². The van der Waals surface area contributed by atoms with Gasteiger partial charge in [-0.2, -0.15) is 9.97 Å². The molecule has 1 N–H and O–H groups in total. The lowest BCUT2D eigenvalue weighted by molar-refractivity contribution is 0.0933. The number of nitrogens with one attached hydrogen (secondary N) is 1. The molecule has 0 unspecified atom stereocenters. The number of hydrogen-bond donors (Lipinski definition) is 1. The summed E-state index contributed by atoms with van der Waals surface area (Å²) in [5.41, 5.74) is 1.27. The molecule has 1 saturated heterocycles. The van der Waals surface area contributed by atoms with Crippen LogP contribution in [0.2, 0.25) is 0 Å². The molecule has 1 fully saturated rings. The predicted octanol–water partition coefficient (Wildman–Crippen LogP) is 2.15. The Balaban J connectivity index is 1.34. The Hall–Kier alpha value is -3.46. The van der Waals surface area contributed by atoms with Crippen LogP contribution in [0.5, 0.6) is 11.8 Å². The number of pyridine rings is 1. The Morgan fingerprint density at radius 1 is 1.17 bits per heavy atom. The van der Waals surface area contributed by atoms with Gasteiger partial charge in [-0.15, -0.1) is 0 Å². The highest BCUT2D eigenvalue weighted by Gasteiger charge is 2.26. The Morgan fingerprint density at radius 3 is 2.77 bits per heavy atom. The minimum absolute atomic E-state index is 0.0183. The number of hydrogen-bond acceptors (Lipinski definition) is 8. The number of likely N-dealkylation sites (tertiary alicyclic amines) is 1. The molecule has 156 valence electrons. The first-order chi connectivity index (χ1) is 14.7. The molecule has 30 heavy (non-hydrogen) atoms. The van der Waals surface area contributed by atoms with Crippen LogP contribution in [0.1, 0.15) is 22.6 Å². The van der Waals surface area contributed by atoms with Crippen LogP contribution in [-0.4, -0.2) is 59.3 Å². The van der Waals surface area contributed by atoms with Crippen molar-refractivity contribution in [2.75, 3.05) is 27.3 Å². The van der Waals surface area contributed by atoms with Crippen molar-refractivity contribution >= 4 is 5.91 Å². The summed E-state index contributed by atoms with van der Waals surface area (Å²) in [4.78, 5) is 23.5. The third-order valence-corrected chi connectivity index (χ3v) is 4.94. The standard InChI is InChI=1S/C21H23N5O4/c1-28-18-9-8-16(21(24-18)29-2)19(27)22-15-10-11-26(12-15)13-17-23-20(30-25-17)14-6-4-3-5-7-14/h3-9,15H,10-13H2,1-2H3,(H,22,27)/t15-/m0/s1. The Labute approximate surface area is 174 Å². The van der Waals surface area contributed by atoms with Crippen LogP contribution in [0.25, 0.3) is 11.5 Å². The van der Waals surface area contributed by atoms with Crippen molar-refractivity contribution in [1.82, 2.24) is 25.3 Å². The zero-order chi connectivity index (χ0) is 20.9. The highest BCUT2D eigenvalue weighted by atomic mass is 16.5. The van der Waals surface area contributed by atoms with Crippen LogP contribution in [0.15, 0.2) is 47.0 Å². The summed E-state index contributed by atoms with van der Waals surface area (Å²) in [6, 6.07) is 13.0. The van der Waals surface area contributed by atoms with Crippen LogP contribution < -0.4 is 14.8 Å². The first kappa shape index (κ1) is 19.8. The first-order valence-electron chi connectivity index (χ1n) is 9.66. The normalized spacial score (nSPS) is 16.4. The predicted molar refractivity (Wildman–Crippen MR) is 108 cm³/mol. The third kappa shape index (κ3) is 4.41. The summed E-state index contributed by atoms with van der Waals surface area (Å²) >= 11 is 0. The SMILES string of the molecule is COc1ccc(C(=O)N[C@H]2CCN(Cc3noc(-c4ccccc4)n3)C2)c(OC)n1. The smallest absolute Gasteiger partial charge is 0.257 e. The molecule has 0 bridgehead atoms. The average Bonchev–Trinajstić information content (AvgIpc) is 3.43. The number of rotatable bonds is 7. The molecule has 1 amide bonds. The van der Waals surface area contributed by atoms with Crippen molar-refractivity contribution in [3.63, 3.8) is 0 Å². The molecule has 0 saturated carbocycles. The Morgan fingerprint density at radius 2 is 2.00 bits per heavy atom. The van der Waals surface area contributed by atoms with Crippen molar-refractivity contribution in [3.8, 4) is 23.2 Å². The highest BCUT2D eigenvalue weighted by molar-refractivity contribution is 5.96. The fourth-order valence-corrected chi connectivity index (χ4v) is 3.44. The maximum atomic E-state index is 12.7. The van der Waals surface area contributed by atoms with E-state index in [1.54, 1.807) is 12.1 Å². The molecular formula is C21H23N5O4. The molecule has 3 aromatic rings. The Kier molecular flexibility index (Phi) is 5.89. The maximum absolute atomic E-state index is 12.7. The largest absolute Gasteiger partial charge is 0.481 e. The minimum atomic E-state index is -0.222. The molecule has 3 heterocycles. The number of benzene rings is 1. The van der Waals surface area contributed by atoms with Gasteiger partial charge in [0.2, 0.25) is 11.8 Å². The van der Waals surface area contributed by atoms with Crippen molar-refractivity contribution in [3.05, 3.63) is 53.9 Å². The third-order valence-electron chi connectivity index (χ3n) is 4.94. The van der Waals surface area contributed by atoms with Gasteiger partial charge in [0.1, 0.15) is 5.56 Å². The maximum Gasteiger partial charge on any atom is 0.257 e. The molecule has 1 atom stereocenters. The van der Waals surface area contributed by atoms with Crippen molar-refractivity contribution in [2.24, 2.45) is 0 Å². The number of carbonyl (C=O) groups is 1. The summed E-state index contributed by atoms with van der Waals surface area (Å²) in [7, 11) is 2.99. The fourth-order valence-electron chi connectivity index (χ4n) is 3.44. The molecule has 1 aliphatic heterocycles. The van der Waals surface area contributed by atoms with Gasteiger partial charge in [-0.25, -0.2) is 0 Å². The quantitative estimate of drug-likeness (QED) is 0.633. The summed E-state index contributed by atoms with van der Waals surface area (Å²) < 4.78 is 15.7. The van der Waals surface area contributed by atoms with Gasteiger partial charge < -0.3 is 19.3 Å².